The van der Waals surface area contributed by atoms with Gasteiger partial charge in [-0.25, -0.2) is 8.78 Å². The van der Waals surface area contributed by atoms with Gasteiger partial charge in [-0.2, -0.15) is 0 Å². The molecule has 2 aliphatic rings. The van der Waals surface area contributed by atoms with Gasteiger partial charge in [0.1, 0.15) is 23.1 Å². The van der Waals surface area contributed by atoms with Crippen molar-refractivity contribution < 1.29 is 27.8 Å². The van der Waals surface area contributed by atoms with E-state index < -0.39 is 22.7 Å². The van der Waals surface area contributed by atoms with Crippen molar-refractivity contribution in [1.82, 2.24) is 10.6 Å². The molecule has 2 aromatic carbocycles. The second kappa shape index (κ2) is 9.35. The zero-order valence-corrected chi connectivity index (χ0v) is 19.1. The SMILES string of the molecule is O=C(COc1ccc(Cl)c(F)c1)NC12CCC(NC(=O)COc3ccc(Cl)c(F)c3)(CC1)C2. The van der Waals surface area contributed by atoms with Crippen molar-refractivity contribution in [3.63, 3.8) is 0 Å². The van der Waals surface area contributed by atoms with Crippen LogP contribution in [-0.4, -0.2) is 36.1 Å². The monoisotopic (exact) mass is 498 g/mol. The van der Waals surface area contributed by atoms with Gasteiger partial charge in [0.15, 0.2) is 13.2 Å². The molecule has 0 aromatic heterocycles. The fourth-order valence-corrected chi connectivity index (χ4v) is 4.88. The summed E-state index contributed by atoms with van der Waals surface area (Å²) in [5.41, 5.74) is -0.835. The number of carbonyl (C=O) groups excluding carboxylic acids is 2. The highest BCUT2D eigenvalue weighted by Crippen LogP contribution is 2.50. The molecule has 33 heavy (non-hydrogen) atoms. The molecular formula is C23H22Cl2F2N2O4. The van der Waals surface area contributed by atoms with Crippen molar-refractivity contribution >= 4 is 35.0 Å². The van der Waals surface area contributed by atoms with E-state index in [1.54, 1.807) is 0 Å². The third-order valence-corrected chi connectivity index (χ3v) is 6.79. The Hall–Kier alpha value is -2.58. The van der Waals surface area contributed by atoms with Crippen molar-refractivity contribution in [2.24, 2.45) is 0 Å². The molecule has 0 atom stereocenters. The average molecular weight is 499 g/mol. The first-order valence-electron chi connectivity index (χ1n) is 10.5. The van der Waals surface area contributed by atoms with Crippen LogP contribution in [0.1, 0.15) is 32.1 Å². The molecule has 0 heterocycles. The first-order valence-corrected chi connectivity index (χ1v) is 11.2. The van der Waals surface area contributed by atoms with Crippen LogP contribution >= 0.6 is 23.2 Å². The summed E-state index contributed by atoms with van der Waals surface area (Å²) in [5, 5.41) is 6.01. The molecule has 0 unspecified atom stereocenters. The lowest BCUT2D eigenvalue weighted by molar-refractivity contribution is -0.125. The lowest BCUT2D eigenvalue weighted by Crippen LogP contribution is -2.48. The Kier molecular flexibility index (Phi) is 6.68. The van der Waals surface area contributed by atoms with E-state index >= 15 is 0 Å². The molecule has 6 nitrogen and oxygen atoms in total. The Morgan fingerprint density at radius 2 is 1.18 bits per heavy atom. The van der Waals surface area contributed by atoms with E-state index in [1.807, 2.05) is 0 Å². The van der Waals surface area contributed by atoms with Gasteiger partial charge < -0.3 is 20.1 Å². The van der Waals surface area contributed by atoms with E-state index in [4.69, 9.17) is 32.7 Å². The van der Waals surface area contributed by atoms with E-state index in [-0.39, 0.29) is 46.6 Å². The predicted octanol–water partition coefficient (Wildman–Crippen LogP) is 4.42. The van der Waals surface area contributed by atoms with Gasteiger partial charge in [-0.1, -0.05) is 23.2 Å². The zero-order valence-electron chi connectivity index (χ0n) is 17.6. The fraction of sp³-hybridized carbons (Fsp3) is 0.391. The number of halogens is 4. The van der Waals surface area contributed by atoms with Gasteiger partial charge in [0.2, 0.25) is 0 Å². The Morgan fingerprint density at radius 3 is 1.55 bits per heavy atom. The van der Waals surface area contributed by atoms with Crippen LogP contribution in [0.2, 0.25) is 10.0 Å². The molecule has 0 spiro atoms. The third-order valence-electron chi connectivity index (χ3n) is 6.17. The number of ether oxygens (including phenoxy) is 2. The van der Waals surface area contributed by atoms with Crippen LogP contribution in [0.15, 0.2) is 36.4 Å². The van der Waals surface area contributed by atoms with Crippen molar-refractivity contribution in [3.8, 4) is 11.5 Å². The second-order valence-electron chi connectivity index (χ2n) is 8.56. The fourth-order valence-electron chi connectivity index (χ4n) is 4.64. The zero-order chi connectivity index (χ0) is 23.6. The minimum atomic E-state index is -0.620. The van der Waals surface area contributed by atoms with Crippen LogP contribution in [-0.2, 0) is 9.59 Å². The smallest absolute Gasteiger partial charge is 0.258 e. The first-order chi connectivity index (χ1) is 15.7. The molecule has 176 valence electrons. The Bertz CT molecular complexity index is 991. The summed E-state index contributed by atoms with van der Waals surface area (Å²) in [4.78, 5) is 24.9. The summed E-state index contributed by atoms with van der Waals surface area (Å²) in [6.45, 7) is -0.513. The molecule has 2 N–H and O–H groups in total. The van der Waals surface area contributed by atoms with Gasteiger partial charge in [-0.3, -0.25) is 9.59 Å². The van der Waals surface area contributed by atoms with Gasteiger partial charge in [-0.05, 0) is 56.4 Å². The minimum absolute atomic E-state index is 0.0216. The molecule has 0 saturated heterocycles. The summed E-state index contributed by atoms with van der Waals surface area (Å²) >= 11 is 11.3. The third kappa shape index (κ3) is 5.50. The van der Waals surface area contributed by atoms with E-state index in [0.29, 0.717) is 6.42 Å². The highest BCUT2D eigenvalue weighted by Gasteiger charge is 2.55. The van der Waals surface area contributed by atoms with Crippen LogP contribution in [0.25, 0.3) is 0 Å². The van der Waals surface area contributed by atoms with E-state index in [9.17, 15) is 18.4 Å². The van der Waals surface area contributed by atoms with Crippen LogP contribution < -0.4 is 20.1 Å². The highest BCUT2D eigenvalue weighted by atomic mass is 35.5. The molecule has 4 rings (SSSR count). The Morgan fingerprint density at radius 1 is 0.788 bits per heavy atom. The molecule has 2 bridgehead atoms. The van der Waals surface area contributed by atoms with Gasteiger partial charge in [0.05, 0.1) is 10.0 Å². The highest BCUT2D eigenvalue weighted by molar-refractivity contribution is 6.31. The van der Waals surface area contributed by atoms with Crippen molar-refractivity contribution in [3.05, 3.63) is 58.1 Å². The molecule has 2 aliphatic carbocycles. The normalized spacial score (nSPS) is 23.3. The Labute approximate surface area is 199 Å². The largest absolute Gasteiger partial charge is 0.484 e. The number of nitrogens with one attached hydrogen (secondary N) is 2. The van der Waals surface area contributed by atoms with E-state index in [2.05, 4.69) is 10.6 Å². The summed E-state index contributed by atoms with van der Waals surface area (Å²) in [6, 6.07) is 7.95. The maximum Gasteiger partial charge on any atom is 0.258 e. The predicted molar refractivity (Wildman–Crippen MR) is 119 cm³/mol. The molecule has 0 aliphatic heterocycles. The van der Waals surface area contributed by atoms with Crippen molar-refractivity contribution in [1.29, 1.82) is 0 Å². The number of hydrogen-bond acceptors (Lipinski definition) is 4. The molecule has 2 saturated carbocycles. The lowest BCUT2D eigenvalue weighted by Gasteiger charge is -2.29. The van der Waals surface area contributed by atoms with Crippen LogP contribution in [0, 0.1) is 11.6 Å². The number of rotatable bonds is 8. The second-order valence-corrected chi connectivity index (χ2v) is 9.38. The minimum Gasteiger partial charge on any atom is -0.484 e. The number of benzene rings is 2. The summed E-state index contributed by atoms with van der Waals surface area (Å²) < 4.78 is 37.7. The quantitative estimate of drug-likeness (QED) is 0.564. The summed E-state index contributed by atoms with van der Waals surface area (Å²) in [7, 11) is 0. The standard InChI is InChI=1S/C23H22Cl2F2N2O4/c24-16-3-1-14(9-18(16)26)32-11-20(30)28-22-5-7-23(13-22,8-6-22)29-21(31)12-33-15-2-4-17(25)19(27)10-15/h1-4,9-10H,5-8,11-13H2,(H,28,30)(H,29,31). The Balaban J connectivity index is 1.26. The van der Waals surface area contributed by atoms with E-state index in [0.717, 1.165) is 37.8 Å². The lowest BCUT2D eigenvalue weighted by atomic mass is 9.91. The van der Waals surface area contributed by atoms with Crippen LogP contribution in [0.3, 0.4) is 0 Å². The maximum absolute atomic E-state index is 13.5. The van der Waals surface area contributed by atoms with Crippen LogP contribution in [0.4, 0.5) is 8.78 Å². The number of fused-ring (bicyclic) bond motifs is 2. The summed E-state index contributed by atoms with van der Waals surface area (Å²) in [5.74, 6) is -1.45. The summed E-state index contributed by atoms with van der Waals surface area (Å²) in [6.07, 6.45) is 3.48. The number of hydrogen-bond donors (Lipinski definition) is 2. The average Bonchev–Trinajstić information content (AvgIpc) is 3.30. The van der Waals surface area contributed by atoms with Gasteiger partial charge >= 0.3 is 0 Å². The number of carbonyl (C=O) groups is 2. The number of amides is 2. The van der Waals surface area contributed by atoms with Gasteiger partial charge in [0, 0.05) is 23.2 Å². The molecule has 0 radical (unpaired) electrons. The molecule has 2 fully saturated rings. The maximum atomic E-state index is 13.5. The van der Waals surface area contributed by atoms with Crippen LogP contribution in [0.5, 0.6) is 11.5 Å². The van der Waals surface area contributed by atoms with E-state index in [1.165, 1.54) is 24.3 Å². The molecular weight excluding hydrogens is 477 g/mol. The first kappa shape index (κ1) is 23.6. The molecule has 10 heteroatoms. The van der Waals surface area contributed by atoms with Crippen molar-refractivity contribution in [2.75, 3.05) is 13.2 Å². The molecule has 2 amide bonds. The van der Waals surface area contributed by atoms with Gasteiger partial charge in [-0.15, -0.1) is 0 Å². The van der Waals surface area contributed by atoms with Crippen molar-refractivity contribution in [2.45, 2.75) is 43.2 Å². The van der Waals surface area contributed by atoms with Gasteiger partial charge in [0.25, 0.3) is 11.8 Å². The molecule has 2 aromatic rings. The topological polar surface area (TPSA) is 76.7 Å².